The van der Waals surface area contributed by atoms with Gasteiger partial charge in [0, 0.05) is 6.42 Å². The van der Waals surface area contributed by atoms with E-state index in [-0.39, 0.29) is 24.3 Å². The summed E-state index contributed by atoms with van der Waals surface area (Å²) in [6.07, 6.45) is -0.125. The van der Waals surface area contributed by atoms with E-state index in [9.17, 15) is 19.5 Å². The molecule has 0 saturated heterocycles. The number of hydrogen-bond acceptors (Lipinski definition) is 6. The molecule has 0 fully saturated rings. The topological polar surface area (TPSA) is 102 Å². The Morgan fingerprint density at radius 2 is 2.00 bits per heavy atom. The summed E-state index contributed by atoms with van der Waals surface area (Å²) in [5, 5.41) is 12.2. The molecule has 1 aromatic rings. The molecule has 0 aromatic heterocycles. The second-order valence-electron chi connectivity index (χ2n) is 6.17. The van der Waals surface area contributed by atoms with Gasteiger partial charge in [-0.2, -0.15) is 0 Å². The number of nitrogens with one attached hydrogen (secondary N) is 1. The predicted molar refractivity (Wildman–Crippen MR) is 87.0 cm³/mol. The van der Waals surface area contributed by atoms with E-state index in [0.29, 0.717) is 11.8 Å². The number of carbonyl (C=O) groups is 3. The highest BCUT2D eigenvalue weighted by atomic mass is 16.6. The molecule has 2 N–H and O–H groups in total. The molecule has 7 nitrogen and oxygen atoms in total. The van der Waals surface area contributed by atoms with Gasteiger partial charge >= 0.3 is 12.1 Å². The summed E-state index contributed by atoms with van der Waals surface area (Å²) in [5.41, 5.74) is 0.00596. The van der Waals surface area contributed by atoms with Gasteiger partial charge in [-0.25, -0.2) is 9.59 Å². The third-order valence-corrected chi connectivity index (χ3v) is 2.92. The van der Waals surface area contributed by atoms with Crippen LogP contribution in [0.15, 0.2) is 18.2 Å². The van der Waals surface area contributed by atoms with Crippen molar-refractivity contribution in [2.75, 3.05) is 6.61 Å². The van der Waals surface area contributed by atoms with Crippen molar-refractivity contribution in [3.8, 4) is 5.75 Å². The molecule has 24 heavy (non-hydrogen) atoms. The average Bonchev–Trinajstić information content (AvgIpc) is 2.45. The van der Waals surface area contributed by atoms with E-state index in [4.69, 9.17) is 9.47 Å². The SMILES string of the molecule is CCOC(=O)[C@H](Cc1ccc(C=O)c(O)c1)NC(=O)OC(C)(C)C. The molecule has 7 heteroatoms. The Labute approximate surface area is 141 Å². The summed E-state index contributed by atoms with van der Waals surface area (Å²) < 4.78 is 10.1. The number of ether oxygens (including phenoxy) is 2. The number of phenols is 1. The number of esters is 1. The van der Waals surface area contributed by atoms with Crippen molar-refractivity contribution in [2.45, 2.75) is 45.8 Å². The van der Waals surface area contributed by atoms with Gasteiger partial charge in [0.2, 0.25) is 0 Å². The van der Waals surface area contributed by atoms with Gasteiger partial charge in [-0.15, -0.1) is 0 Å². The summed E-state index contributed by atoms with van der Waals surface area (Å²) in [7, 11) is 0. The summed E-state index contributed by atoms with van der Waals surface area (Å²) >= 11 is 0. The van der Waals surface area contributed by atoms with Gasteiger partial charge in [-0.3, -0.25) is 4.79 Å². The van der Waals surface area contributed by atoms with Crippen molar-refractivity contribution < 1.29 is 29.0 Å². The zero-order valence-corrected chi connectivity index (χ0v) is 14.3. The minimum Gasteiger partial charge on any atom is -0.507 e. The molecule has 0 spiro atoms. The number of carbonyl (C=O) groups excluding carboxylic acids is 3. The van der Waals surface area contributed by atoms with Gasteiger partial charge in [0.05, 0.1) is 12.2 Å². The first-order valence-electron chi connectivity index (χ1n) is 7.59. The van der Waals surface area contributed by atoms with Crippen LogP contribution in [0.5, 0.6) is 5.75 Å². The van der Waals surface area contributed by atoms with E-state index < -0.39 is 23.7 Å². The fourth-order valence-electron chi connectivity index (χ4n) is 1.94. The quantitative estimate of drug-likeness (QED) is 0.609. The molecule has 0 aliphatic carbocycles. The molecule has 1 amide bonds. The molecule has 0 saturated carbocycles. The lowest BCUT2D eigenvalue weighted by molar-refractivity contribution is -0.145. The molecule has 0 unspecified atom stereocenters. The second kappa shape index (κ2) is 8.33. The number of rotatable bonds is 6. The molecule has 0 aliphatic heterocycles. The second-order valence-corrected chi connectivity index (χ2v) is 6.17. The van der Waals surface area contributed by atoms with Gasteiger partial charge in [-0.1, -0.05) is 6.07 Å². The smallest absolute Gasteiger partial charge is 0.408 e. The summed E-state index contributed by atoms with van der Waals surface area (Å²) in [4.78, 5) is 34.7. The van der Waals surface area contributed by atoms with E-state index in [2.05, 4.69) is 5.32 Å². The standard InChI is InChI=1S/C17H23NO6/c1-5-23-15(21)13(18-16(22)24-17(2,3)4)8-11-6-7-12(10-19)14(20)9-11/h6-7,9-10,13,20H,5,8H2,1-4H3,(H,18,22)/t13-/m0/s1. The van der Waals surface area contributed by atoms with Crippen molar-refractivity contribution in [1.29, 1.82) is 0 Å². The highest BCUT2D eigenvalue weighted by molar-refractivity contribution is 5.82. The maximum atomic E-state index is 12.0. The lowest BCUT2D eigenvalue weighted by Crippen LogP contribution is -2.45. The predicted octanol–water partition coefficient (Wildman–Crippen LogP) is 2.20. The molecule has 0 radical (unpaired) electrons. The first-order valence-corrected chi connectivity index (χ1v) is 7.59. The number of alkyl carbamates (subject to hydrolysis) is 1. The van der Waals surface area contributed by atoms with Gasteiger partial charge in [-0.05, 0) is 45.4 Å². The first-order chi connectivity index (χ1) is 11.2. The molecule has 1 aromatic carbocycles. The molecule has 1 atom stereocenters. The number of hydrogen-bond donors (Lipinski definition) is 2. The Kier molecular flexibility index (Phi) is 6.76. The Bertz CT molecular complexity index is 606. The zero-order valence-electron chi connectivity index (χ0n) is 14.3. The van der Waals surface area contributed by atoms with Crippen LogP contribution < -0.4 is 5.32 Å². The molecule has 0 bridgehead atoms. The Hall–Kier alpha value is -2.57. The Morgan fingerprint density at radius 1 is 1.33 bits per heavy atom. The molecule has 0 heterocycles. The van der Waals surface area contributed by atoms with E-state index in [1.165, 1.54) is 12.1 Å². The van der Waals surface area contributed by atoms with Crippen LogP contribution in [0.25, 0.3) is 0 Å². The van der Waals surface area contributed by atoms with E-state index in [0.717, 1.165) is 0 Å². The number of benzene rings is 1. The van der Waals surface area contributed by atoms with Gasteiger partial charge in [0.25, 0.3) is 0 Å². The maximum Gasteiger partial charge on any atom is 0.408 e. The third kappa shape index (κ3) is 6.28. The van der Waals surface area contributed by atoms with Crippen LogP contribution in [0.4, 0.5) is 4.79 Å². The highest BCUT2D eigenvalue weighted by Gasteiger charge is 2.26. The lowest BCUT2D eigenvalue weighted by Gasteiger charge is -2.23. The normalized spacial score (nSPS) is 12.2. The Balaban J connectivity index is 2.90. The molecule has 1 rings (SSSR count). The first kappa shape index (κ1) is 19.5. The van der Waals surface area contributed by atoms with Crippen molar-refractivity contribution >= 4 is 18.3 Å². The van der Waals surface area contributed by atoms with Crippen LogP contribution in [0.3, 0.4) is 0 Å². The van der Waals surface area contributed by atoms with Crippen LogP contribution in [0, 0.1) is 0 Å². The van der Waals surface area contributed by atoms with Crippen molar-refractivity contribution in [2.24, 2.45) is 0 Å². The number of amides is 1. The van der Waals surface area contributed by atoms with Crippen molar-refractivity contribution in [1.82, 2.24) is 5.32 Å². The average molecular weight is 337 g/mol. The van der Waals surface area contributed by atoms with Crippen molar-refractivity contribution in [3.05, 3.63) is 29.3 Å². The lowest BCUT2D eigenvalue weighted by atomic mass is 10.0. The van der Waals surface area contributed by atoms with Crippen molar-refractivity contribution in [3.63, 3.8) is 0 Å². The van der Waals surface area contributed by atoms with Gasteiger partial charge in [0.1, 0.15) is 17.4 Å². The zero-order chi connectivity index (χ0) is 18.3. The van der Waals surface area contributed by atoms with Crippen LogP contribution in [0.2, 0.25) is 0 Å². The molecular weight excluding hydrogens is 314 g/mol. The molecule has 0 aliphatic rings. The van der Waals surface area contributed by atoms with Gasteiger partial charge in [0.15, 0.2) is 6.29 Å². The van der Waals surface area contributed by atoms with Crippen LogP contribution in [-0.2, 0) is 20.7 Å². The van der Waals surface area contributed by atoms with Gasteiger partial charge < -0.3 is 19.9 Å². The monoisotopic (exact) mass is 337 g/mol. The Morgan fingerprint density at radius 3 is 2.50 bits per heavy atom. The van der Waals surface area contributed by atoms with Crippen LogP contribution >= 0.6 is 0 Å². The van der Waals surface area contributed by atoms with E-state index >= 15 is 0 Å². The largest absolute Gasteiger partial charge is 0.507 e. The third-order valence-electron chi connectivity index (χ3n) is 2.92. The highest BCUT2D eigenvalue weighted by Crippen LogP contribution is 2.18. The summed E-state index contributed by atoms with van der Waals surface area (Å²) in [5.74, 6) is -0.801. The number of aromatic hydroxyl groups is 1. The number of aldehydes is 1. The molecule has 132 valence electrons. The maximum absolute atomic E-state index is 12.0. The minimum atomic E-state index is -0.971. The summed E-state index contributed by atoms with van der Waals surface area (Å²) in [6, 6.07) is 3.42. The van der Waals surface area contributed by atoms with E-state index in [1.807, 2.05) is 0 Å². The van der Waals surface area contributed by atoms with E-state index in [1.54, 1.807) is 33.8 Å². The summed E-state index contributed by atoms with van der Waals surface area (Å²) in [6.45, 7) is 6.96. The minimum absolute atomic E-state index is 0.0881. The number of phenolic OH excluding ortho intramolecular Hbond substituents is 1. The molecular formula is C17H23NO6. The fraction of sp³-hybridized carbons (Fsp3) is 0.471. The van der Waals surface area contributed by atoms with Crippen LogP contribution in [-0.4, -0.2) is 41.7 Å². The van der Waals surface area contributed by atoms with Crippen LogP contribution in [0.1, 0.15) is 43.6 Å². The fourth-order valence-corrected chi connectivity index (χ4v) is 1.94.